The van der Waals surface area contributed by atoms with Gasteiger partial charge in [0.25, 0.3) is 0 Å². The number of piperidine rings is 1. The molecule has 2 unspecified atom stereocenters. The molecular formula is C18H30ClIN4O. The summed E-state index contributed by atoms with van der Waals surface area (Å²) in [6.45, 7) is 6.04. The average Bonchev–Trinajstić information content (AvgIpc) is 2.57. The van der Waals surface area contributed by atoms with Gasteiger partial charge in [0.15, 0.2) is 5.96 Å². The molecule has 5 nitrogen and oxygen atoms in total. The highest BCUT2D eigenvalue weighted by Crippen LogP contribution is 2.16. The number of guanidine groups is 1. The lowest BCUT2D eigenvalue weighted by Crippen LogP contribution is -2.45. The quantitative estimate of drug-likeness (QED) is 0.373. The number of likely N-dealkylation sites (tertiary alicyclic amines) is 1. The standard InChI is InChI=1S/C18H29ClN4O.HI/c1-14(24-17-8-6-16(19)7-9-17)11-21-18(20-2)22-12-15-5-4-10-23(3)13-15;/h6-9,14-15H,4-5,10-13H2,1-3H3,(H2,20,21,22);1H. The summed E-state index contributed by atoms with van der Waals surface area (Å²) < 4.78 is 5.86. The highest BCUT2D eigenvalue weighted by molar-refractivity contribution is 14.0. The second-order valence-corrected chi connectivity index (χ2v) is 6.92. The van der Waals surface area contributed by atoms with E-state index in [4.69, 9.17) is 16.3 Å². The van der Waals surface area contributed by atoms with Crippen molar-refractivity contribution >= 4 is 41.5 Å². The van der Waals surface area contributed by atoms with Gasteiger partial charge in [-0.2, -0.15) is 0 Å². The molecular weight excluding hydrogens is 451 g/mol. The van der Waals surface area contributed by atoms with Crippen LogP contribution in [0.25, 0.3) is 0 Å². The van der Waals surface area contributed by atoms with E-state index in [9.17, 15) is 0 Å². The average molecular weight is 481 g/mol. The molecule has 0 aliphatic carbocycles. The van der Waals surface area contributed by atoms with Crippen LogP contribution >= 0.6 is 35.6 Å². The molecule has 0 saturated carbocycles. The van der Waals surface area contributed by atoms with Gasteiger partial charge in [-0.25, -0.2) is 0 Å². The number of halogens is 2. The Morgan fingerprint density at radius 2 is 2.08 bits per heavy atom. The summed E-state index contributed by atoms with van der Waals surface area (Å²) in [6, 6.07) is 7.42. The van der Waals surface area contributed by atoms with Crippen molar-refractivity contribution < 1.29 is 4.74 Å². The van der Waals surface area contributed by atoms with Crippen LogP contribution in [0, 0.1) is 5.92 Å². The molecule has 1 saturated heterocycles. The topological polar surface area (TPSA) is 48.9 Å². The molecule has 1 aliphatic rings. The van der Waals surface area contributed by atoms with Gasteiger partial charge in [0.2, 0.25) is 0 Å². The molecule has 1 aromatic rings. The fraction of sp³-hybridized carbons (Fsp3) is 0.611. The number of benzene rings is 1. The van der Waals surface area contributed by atoms with Crippen LogP contribution in [-0.2, 0) is 0 Å². The molecule has 1 heterocycles. The van der Waals surface area contributed by atoms with Gasteiger partial charge in [0.1, 0.15) is 11.9 Å². The Morgan fingerprint density at radius 3 is 2.72 bits per heavy atom. The van der Waals surface area contributed by atoms with Crippen molar-refractivity contribution in [2.45, 2.75) is 25.9 Å². The maximum Gasteiger partial charge on any atom is 0.191 e. The van der Waals surface area contributed by atoms with Crippen molar-refractivity contribution in [1.29, 1.82) is 0 Å². The maximum absolute atomic E-state index is 5.88. The Bertz CT molecular complexity index is 526. The van der Waals surface area contributed by atoms with Crippen molar-refractivity contribution in [3.05, 3.63) is 29.3 Å². The first-order valence-corrected chi connectivity index (χ1v) is 9.00. The van der Waals surface area contributed by atoms with Crippen molar-refractivity contribution in [3.8, 4) is 5.75 Å². The first-order valence-electron chi connectivity index (χ1n) is 8.62. The van der Waals surface area contributed by atoms with E-state index in [-0.39, 0.29) is 30.1 Å². The monoisotopic (exact) mass is 480 g/mol. The fourth-order valence-electron chi connectivity index (χ4n) is 2.93. The zero-order valence-corrected chi connectivity index (χ0v) is 18.4. The molecule has 7 heteroatoms. The minimum Gasteiger partial charge on any atom is -0.489 e. The van der Waals surface area contributed by atoms with Crippen molar-refractivity contribution in [2.75, 3.05) is 40.3 Å². The predicted octanol–water partition coefficient (Wildman–Crippen LogP) is 3.23. The molecule has 0 aromatic heterocycles. The van der Waals surface area contributed by atoms with Gasteiger partial charge < -0.3 is 20.3 Å². The Hall–Kier alpha value is -0.730. The van der Waals surface area contributed by atoms with E-state index in [2.05, 4.69) is 27.6 Å². The third kappa shape index (κ3) is 8.46. The summed E-state index contributed by atoms with van der Waals surface area (Å²) in [5.41, 5.74) is 0. The van der Waals surface area contributed by atoms with E-state index in [1.807, 2.05) is 31.2 Å². The minimum atomic E-state index is 0. The van der Waals surface area contributed by atoms with Crippen LogP contribution in [0.4, 0.5) is 0 Å². The summed E-state index contributed by atoms with van der Waals surface area (Å²) in [5.74, 6) is 2.33. The van der Waals surface area contributed by atoms with E-state index < -0.39 is 0 Å². The van der Waals surface area contributed by atoms with Crippen LogP contribution in [-0.4, -0.2) is 57.2 Å². The van der Waals surface area contributed by atoms with E-state index in [0.29, 0.717) is 17.5 Å². The van der Waals surface area contributed by atoms with Crippen molar-refractivity contribution in [3.63, 3.8) is 0 Å². The highest BCUT2D eigenvalue weighted by atomic mass is 127. The van der Waals surface area contributed by atoms with Gasteiger partial charge in [0, 0.05) is 25.2 Å². The van der Waals surface area contributed by atoms with Gasteiger partial charge in [-0.05, 0) is 63.5 Å². The summed E-state index contributed by atoms with van der Waals surface area (Å²) in [6.07, 6.45) is 2.59. The van der Waals surface area contributed by atoms with Gasteiger partial charge in [-0.15, -0.1) is 24.0 Å². The second kappa shape index (κ2) is 11.8. The van der Waals surface area contributed by atoms with Crippen LogP contribution in [0.2, 0.25) is 5.02 Å². The molecule has 1 aromatic carbocycles. The lowest BCUT2D eigenvalue weighted by molar-refractivity contribution is 0.209. The third-order valence-electron chi connectivity index (χ3n) is 4.21. The Morgan fingerprint density at radius 1 is 1.36 bits per heavy atom. The van der Waals surface area contributed by atoms with Crippen LogP contribution in [0.3, 0.4) is 0 Å². The predicted molar refractivity (Wildman–Crippen MR) is 117 cm³/mol. The van der Waals surface area contributed by atoms with Crippen LogP contribution < -0.4 is 15.4 Å². The van der Waals surface area contributed by atoms with Gasteiger partial charge in [0.05, 0.1) is 6.54 Å². The highest BCUT2D eigenvalue weighted by Gasteiger charge is 2.17. The van der Waals surface area contributed by atoms with Gasteiger partial charge in [-0.3, -0.25) is 4.99 Å². The third-order valence-corrected chi connectivity index (χ3v) is 4.46. The molecule has 0 bridgehead atoms. The van der Waals surface area contributed by atoms with Crippen molar-refractivity contribution in [2.24, 2.45) is 10.9 Å². The molecule has 0 spiro atoms. The molecule has 2 N–H and O–H groups in total. The normalized spacial score (nSPS) is 19.7. The molecule has 0 radical (unpaired) electrons. The Kier molecular flexibility index (Phi) is 10.5. The molecule has 2 atom stereocenters. The molecule has 1 aliphatic heterocycles. The lowest BCUT2D eigenvalue weighted by Gasteiger charge is -2.30. The number of aliphatic imine (C=N–C) groups is 1. The van der Waals surface area contributed by atoms with E-state index in [0.717, 1.165) is 24.8 Å². The summed E-state index contributed by atoms with van der Waals surface area (Å²) in [4.78, 5) is 6.69. The van der Waals surface area contributed by atoms with Crippen LogP contribution in [0.15, 0.2) is 29.3 Å². The zero-order valence-electron chi connectivity index (χ0n) is 15.3. The molecule has 25 heavy (non-hydrogen) atoms. The van der Waals surface area contributed by atoms with Gasteiger partial charge in [-0.1, -0.05) is 11.6 Å². The molecule has 1 fully saturated rings. The maximum atomic E-state index is 5.88. The smallest absolute Gasteiger partial charge is 0.191 e. The molecule has 2 rings (SSSR count). The Balaban J connectivity index is 0.00000312. The number of nitrogens with one attached hydrogen (secondary N) is 2. The second-order valence-electron chi connectivity index (χ2n) is 6.49. The fourth-order valence-corrected chi connectivity index (χ4v) is 3.05. The Labute approximate surface area is 173 Å². The SMILES string of the molecule is CN=C(NCC1CCCN(C)C1)NCC(C)Oc1ccc(Cl)cc1.I. The van der Waals surface area contributed by atoms with E-state index >= 15 is 0 Å². The first kappa shape index (κ1) is 22.3. The van der Waals surface area contributed by atoms with Crippen LogP contribution in [0.5, 0.6) is 5.75 Å². The number of rotatable bonds is 6. The minimum absolute atomic E-state index is 0. The summed E-state index contributed by atoms with van der Waals surface area (Å²) >= 11 is 5.88. The molecule has 142 valence electrons. The van der Waals surface area contributed by atoms with Crippen LogP contribution in [0.1, 0.15) is 19.8 Å². The van der Waals surface area contributed by atoms with E-state index in [1.54, 1.807) is 7.05 Å². The largest absolute Gasteiger partial charge is 0.489 e. The lowest BCUT2D eigenvalue weighted by atomic mass is 9.99. The zero-order chi connectivity index (χ0) is 17.4. The number of hydrogen-bond donors (Lipinski definition) is 2. The first-order chi connectivity index (χ1) is 11.6. The summed E-state index contributed by atoms with van der Waals surface area (Å²) in [5, 5.41) is 7.47. The number of nitrogens with zero attached hydrogens (tertiary/aromatic N) is 2. The molecule has 0 amide bonds. The number of hydrogen-bond acceptors (Lipinski definition) is 3. The van der Waals surface area contributed by atoms with E-state index in [1.165, 1.54) is 19.4 Å². The number of ether oxygens (including phenoxy) is 1. The van der Waals surface area contributed by atoms with Gasteiger partial charge >= 0.3 is 0 Å². The summed E-state index contributed by atoms with van der Waals surface area (Å²) in [7, 11) is 3.99. The van der Waals surface area contributed by atoms with Crippen molar-refractivity contribution in [1.82, 2.24) is 15.5 Å².